The van der Waals surface area contributed by atoms with Crippen LogP contribution in [0.1, 0.15) is 12.5 Å². The summed E-state index contributed by atoms with van der Waals surface area (Å²) in [6, 6.07) is 14.0. The summed E-state index contributed by atoms with van der Waals surface area (Å²) in [5.41, 5.74) is 3.32. The number of nitrogens with zero attached hydrogens (tertiary/aromatic N) is 3. The number of halogens is 2. The quantitative estimate of drug-likeness (QED) is 0.536. The molecule has 0 saturated carbocycles. The Balaban J connectivity index is 1.91. The monoisotopic (exact) mass is 379 g/mol. The third-order valence-corrected chi connectivity index (χ3v) is 5.39. The molecule has 3 rings (SSSR count). The van der Waals surface area contributed by atoms with Gasteiger partial charge in [0.2, 0.25) is 0 Å². The molecule has 0 aliphatic carbocycles. The van der Waals surface area contributed by atoms with Gasteiger partial charge in [-0.3, -0.25) is 4.90 Å². The molecule has 6 heteroatoms. The standard InChI is InChI=1S/C18H19Cl2N3S/c1-3-22-15-9-4-5-10-16(15)23(18(22)24)12-21(2)11-13-7-6-8-14(19)17(13)20/h4-10H,3,11-12H2,1-2H3. The fourth-order valence-electron chi connectivity index (χ4n) is 2.97. The second-order valence-corrected chi connectivity index (χ2v) is 6.96. The fourth-order valence-corrected chi connectivity index (χ4v) is 3.73. The molecule has 24 heavy (non-hydrogen) atoms. The van der Waals surface area contributed by atoms with Crippen molar-refractivity contribution in [1.29, 1.82) is 0 Å². The van der Waals surface area contributed by atoms with Gasteiger partial charge in [0.15, 0.2) is 4.77 Å². The van der Waals surface area contributed by atoms with E-state index in [0.717, 1.165) is 22.4 Å². The zero-order chi connectivity index (χ0) is 17.3. The molecule has 3 nitrogen and oxygen atoms in total. The van der Waals surface area contributed by atoms with Crippen LogP contribution in [-0.4, -0.2) is 21.1 Å². The predicted octanol–water partition coefficient (Wildman–Crippen LogP) is 5.59. The number of imidazole rings is 1. The number of benzene rings is 2. The third-order valence-electron chi connectivity index (χ3n) is 4.10. The molecule has 3 aromatic rings. The summed E-state index contributed by atoms with van der Waals surface area (Å²) in [6.45, 7) is 4.36. The summed E-state index contributed by atoms with van der Waals surface area (Å²) in [6.07, 6.45) is 0. The van der Waals surface area contributed by atoms with Gasteiger partial charge < -0.3 is 9.13 Å². The normalized spacial score (nSPS) is 11.5. The average molecular weight is 380 g/mol. The lowest BCUT2D eigenvalue weighted by molar-refractivity contribution is 0.262. The first kappa shape index (κ1) is 17.5. The Morgan fingerprint density at radius 2 is 1.67 bits per heavy atom. The lowest BCUT2D eigenvalue weighted by Gasteiger charge is -2.19. The van der Waals surface area contributed by atoms with Gasteiger partial charge in [0.05, 0.1) is 27.7 Å². The highest BCUT2D eigenvalue weighted by molar-refractivity contribution is 7.71. The van der Waals surface area contributed by atoms with Gasteiger partial charge in [-0.05, 0) is 50.0 Å². The van der Waals surface area contributed by atoms with E-state index in [9.17, 15) is 0 Å². The maximum atomic E-state index is 6.30. The van der Waals surface area contributed by atoms with Crippen LogP contribution in [0.4, 0.5) is 0 Å². The molecule has 0 aliphatic heterocycles. The first-order valence-electron chi connectivity index (χ1n) is 7.82. The van der Waals surface area contributed by atoms with E-state index >= 15 is 0 Å². The molecule has 0 fully saturated rings. The summed E-state index contributed by atoms with van der Waals surface area (Å²) in [5.74, 6) is 0. The van der Waals surface area contributed by atoms with Crippen LogP contribution in [0.5, 0.6) is 0 Å². The van der Waals surface area contributed by atoms with Crippen LogP contribution >= 0.6 is 35.4 Å². The number of hydrogen-bond donors (Lipinski definition) is 0. The lowest BCUT2D eigenvalue weighted by atomic mass is 10.2. The Hall–Kier alpha value is -1.33. The molecule has 2 aromatic carbocycles. The fraction of sp³-hybridized carbons (Fsp3) is 0.278. The van der Waals surface area contributed by atoms with Gasteiger partial charge >= 0.3 is 0 Å². The van der Waals surface area contributed by atoms with Crippen LogP contribution in [0.25, 0.3) is 11.0 Å². The van der Waals surface area contributed by atoms with Crippen LogP contribution in [-0.2, 0) is 19.8 Å². The SMILES string of the molecule is CCn1c(=S)n(CN(C)Cc2cccc(Cl)c2Cl)c2ccccc21. The van der Waals surface area contributed by atoms with E-state index in [-0.39, 0.29) is 0 Å². The van der Waals surface area contributed by atoms with E-state index < -0.39 is 0 Å². The molecule has 0 saturated heterocycles. The van der Waals surface area contributed by atoms with Crippen molar-refractivity contribution in [2.24, 2.45) is 0 Å². The van der Waals surface area contributed by atoms with Gasteiger partial charge in [-0.25, -0.2) is 0 Å². The zero-order valence-electron chi connectivity index (χ0n) is 13.7. The Labute approximate surface area is 157 Å². The second-order valence-electron chi connectivity index (χ2n) is 5.81. The van der Waals surface area contributed by atoms with Crippen molar-refractivity contribution in [3.05, 3.63) is 62.8 Å². The number of aryl methyl sites for hydroxylation is 1. The van der Waals surface area contributed by atoms with Crippen LogP contribution in [0.3, 0.4) is 0 Å². The Bertz CT molecular complexity index is 930. The van der Waals surface area contributed by atoms with Crippen molar-refractivity contribution >= 4 is 46.5 Å². The third kappa shape index (κ3) is 3.24. The van der Waals surface area contributed by atoms with Gasteiger partial charge in [-0.15, -0.1) is 0 Å². The minimum Gasteiger partial charge on any atom is -0.317 e. The summed E-state index contributed by atoms with van der Waals surface area (Å²) in [5, 5.41) is 1.20. The van der Waals surface area contributed by atoms with Gasteiger partial charge in [0.1, 0.15) is 0 Å². The first-order chi connectivity index (χ1) is 11.5. The maximum Gasteiger partial charge on any atom is 0.181 e. The Morgan fingerprint density at radius 3 is 2.33 bits per heavy atom. The number of para-hydroxylation sites is 2. The molecular weight excluding hydrogens is 361 g/mol. The van der Waals surface area contributed by atoms with E-state index in [1.807, 2.05) is 24.3 Å². The molecule has 1 heterocycles. The van der Waals surface area contributed by atoms with Crippen LogP contribution in [0.15, 0.2) is 42.5 Å². The Morgan fingerprint density at radius 1 is 1.00 bits per heavy atom. The summed E-state index contributed by atoms with van der Waals surface area (Å²) >= 11 is 18.1. The van der Waals surface area contributed by atoms with E-state index in [2.05, 4.69) is 40.1 Å². The lowest BCUT2D eigenvalue weighted by Crippen LogP contribution is -2.22. The topological polar surface area (TPSA) is 13.1 Å². The molecule has 0 amide bonds. The van der Waals surface area contributed by atoms with Crippen molar-refractivity contribution in [1.82, 2.24) is 14.0 Å². The molecule has 0 atom stereocenters. The minimum atomic E-state index is 0.585. The van der Waals surface area contributed by atoms with Crippen molar-refractivity contribution < 1.29 is 0 Å². The van der Waals surface area contributed by atoms with Crippen molar-refractivity contribution in [3.8, 4) is 0 Å². The van der Waals surface area contributed by atoms with Crippen LogP contribution < -0.4 is 0 Å². The van der Waals surface area contributed by atoms with Crippen LogP contribution in [0, 0.1) is 4.77 Å². The molecule has 0 aliphatic rings. The number of rotatable bonds is 5. The number of hydrogen-bond acceptors (Lipinski definition) is 2. The van der Waals surface area contributed by atoms with E-state index in [4.69, 9.17) is 35.4 Å². The minimum absolute atomic E-state index is 0.585. The molecule has 1 aromatic heterocycles. The summed E-state index contributed by atoms with van der Waals surface area (Å²) in [7, 11) is 2.05. The molecule has 0 bridgehead atoms. The molecule has 126 valence electrons. The average Bonchev–Trinajstić information content (AvgIpc) is 2.84. The summed E-state index contributed by atoms with van der Waals surface area (Å²) < 4.78 is 5.15. The van der Waals surface area contributed by atoms with E-state index in [1.54, 1.807) is 6.07 Å². The molecule has 0 unspecified atom stereocenters. The largest absolute Gasteiger partial charge is 0.317 e. The second kappa shape index (κ2) is 7.28. The van der Waals surface area contributed by atoms with Crippen LogP contribution in [0.2, 0.25) is 10.0 Å². The highest BCUT2D eigenvalue weighted by Crippen LogP contribution is 2.26. The zero-order valence-corrected chi connectivity index (χ0v) is 16.0. The summed E-state index contributed by atoms with van der Waals surface area (Å²) in [4.78, 5) is 2.18. The predicted molar refractivity (Wildman–Crippen MR) is 104 cm³/mol. The molecule has 0 spiro atoms. The first-order valence-corrected chi connectivity index (χ1v) is 8.98. The Kier molecular flexibility index (Phi) is 5.30. The number of fused-ring (bicyclic) bond motifs is 1. The smallest absolute Gasteiger partial charge is 0.181 e. The highest BCUT2D eigenvalue weighted by atomic mass is 35.5. The van der Waals surface area contributed by atoms with Gasteiger partial charge in [-0.1, -0.05) is 47.5 Å². The molecule has 0 radical (unpaired) electrons. The number of aromatic nitrogens is 2. The molecular formula is C18H19Cl2N3S. The maximum absolute atomic E-state index is 6.30. The van der Waals surface area contributed by atoms with E-state index in [1.165, 1.54) is 5.52 Å². The van der Waals surface area contributed by atoms with E-state index in [0.29, 0.717) is 23.3 Å². The van der Waals surface area contributed by atoms with Gasteiger partial charge in [0, 0.05) is 13.1 Å². The van der Waals surface area contributed by atoms with Gasteiger partial charge in [0.25, 0.3) is 0 Å². The van der Waals surface area contributed by atoms with Crippen molar-refractivity contribution in [2.75, 3.05) is 7.05 Å². The molecule has 0 N–H and O–H groups in total. The highest BCUT2D eigenvalue weighted by Gasteiger charge is 2.12. The van der Waals surface area contributed by atoms with Crippen molar-refractivity contribution in [2.45, 2.75) is 26.7 Å². The van der Waals surface area contributed by atoms with Crippen molar-refractivity contribution in [3.63, 3.8) is 0 Å². The van der Waals surface area contributed by atoms with Gasteiger partial charge in [-0.2, -0.15) is 0 Å².